The van der Waals surface area contributed by atoms with E-state index in [1.165, 1.54) is 17.2 Å². The van der Waals surface area contributed by atoms with Gasteiger partial charge in [0.1, 0.15) is 5.82 Å². The molecule has 28 heavy (non-hydrogen) atoms. The third kappa shape index (κ3) is 3.99. The lowest BCUT2D eigenvalue weighted by atomic mass is 10.1. The van der Waals surface area contributed by atoms with Crippen molar-refractivity contribution in [1.29, 1.82) is 0 Å². The predicted octanol–water partition coefficient (Wildman–Crippen LogP) is 5.98. The summed E-state index contributed by atoms with van der Waals surface area (Å²) in [6.07, 6.45) is 0. The van der Waals surface area contributed by atoms with Gasteiger partial charge in [-0.3, -0.25) is 4.57 Å². The normalized spacial score (nSPS) is 11.0. The summed E-state index contributed by atoms with van der Waals surface area (Å²) in [6.45, 7) is 4.14. The van der Waals surface area contributed by atoms with Crippen LogP contribution in [0.15, 0.2) is 78.0 Å². The minimum absolute atomic E-state index is 0.223. The topological polar surface area (TPSA) is 30.7 Å². The number of nitrogens with zero attached hydrogens (tertiary/aromatic N) is 3. The van der Waals surface area contributed by atoms with Gasteiger partial charge in [0.25, 0.3) is 0 Å². The molecular formula is C23H20FN3S. The van der Waals surface area contributed by atoms with E-state index in [4.69, 9.17) is 0 Å². The summed E-state index contributed by atoms with van der Waals surface area (Å²) >= 11 is 1.55. The van der Waals surface area contributed by atoms with Gasteiger partial charge in [0.2, 0.25) is 0 Å². The van der Waals surface area contributed by atoms with Gasteiger partial charge in [-0.05, 0) is 55.3 Å². The molecule has 3 aromatic carbocycles. The Bertz CT molecular complexity index is 1120. The van der Waals surface area contributed by atoms with Crippen molar-refractivity contribution < 1.29 is 4.39 Å². The molecule has 0 amide bonds. The molecule has 0 aliphatic heterocycles. The average molecular weight is 389 g/mol. The van der Waals surface area contributed by atoms with E-state index in [9.17, 15) is 4.39 Å². The Kier molecular flexibility index (Phi) is 5.26. The van der Waals surface area contributed by atoms with Crippen LogP contribution in [0.25, 0.3) is 17.1 Å². The number of aryl methyl sites for hydroxylation is 2. The molecule has 0 saturated heterocycles. The zero-order valence-corrected chi connectivity index (χ0v) is 16.6. The van der Waals surface area contributed by atoms with E-state index in [1.807, 2.05) is 24.3 Å². The molecule has 5 heteroatoms. The van der Waals surface area contributed by atoms with Crippen LogP contribution >= 0.6 is 11.8 Å². The molecule has 0 unspecified atom stereocenters. The van der Waals surface area contributed by atoms with Gasteiger partial charge in [-0.25, -0.2) is 4.39 Å². The molecule has 4 rings (SSSR count). The van der Waals surface area contributed by atoms with Crippen LogP contribution in [0.5, 0.6) is 0 Å². The highest BCUT2D eigenvalue weighted by Crippen LogP contribution is 2.30. The first-order valence-corrected chi connectivity index (χ1v) is 10.1. The van der Waals surface area contributed by atoms with Crippen molar-refractivity contribution in [3.8, 4) is 17.1 Å². The molecule has 0 aliphatic carbocycles. The van der Waals surface area contributed by atoms with Gasteiger partial charge >= 0.3 is 0 Å². The summed E-state index contributed by atoms with van der Waals surface area (Å²) in [4.78, 5) is 0. The lowest BCUT2D eigenvalue weighted by Crippen LogP contribution is -2.00. The largest absolute Gasteiger partial charge is 0.270 e. The van der Waals surface area contributed by atoms with Gasteiger partial charge < -0.3 is 0 Å². The first-order chi connectivity index (χ1) is 13.6. The second-order valence-electron chi connectivity index (χ2n) is 6.77. The summed E-state index contributed by atoms with van der Waals surface area (Å²) in [7, 11) is 0. The number of thioether (sulfide) groups is 1. The molecule has 1 aromatic heterocycles. The fourth-order valence-corrected chi connectivity index (χ4v) is 4.00. The fourth-order valence-electron chi connectivity index (χ4n) is 3.11. The minimum Gasteiger partial charge on any atom is -0.270 e. The molecule has 140 valence electrons. The molecule has 0 fully saturated rings. The monoisotopic (exact) mass is 389 g/mol. The number of aromatic nitrogens is 3. The van der Waals surface area contributed by atoms with Gasteiger partial charge in [0.05, 0.1) is 0 Å². The molecular weight excluding hydrogens is 369 g/mol. The smallest absolute Gasteiger partial charge is 0.196 e. The van der Waals surface area contributed by atoms with Crippen molar-refractivity contribution >= 4 is 11.8 Å². The second-order valence-corrected chi connectivity index (χ2v) is 7.71. The van der Waals surface area contributed by atoms with Gasteiger partial charge in [-0.2, -0.15) is 0 Å². The van der Waals surface area contributed by atoms with Crippen LogP contribution in [-0.2, 0) is 5.75 Å². The van der Waals surface area contributed by atoms with Crippen LogP contribution in [0.4, 0.5) is 4.39 Å². The van der Waals surface area contributed by atoms with Crippen LogP contribution in [0.3, 0.4) is 0 Å². The quantitative estimate of drug-likeness (QED) is 0.393. The summed E-state index contributed by atoms with van der Waals surface area (Å²) in [6, 6.07) is 23.2. The molecule has 0 bridgehead atoms. The SMILES string of the molecule is Cc1cccc(-c2nnc(SCc3cccc(F)c3)n2-c2cccc(C)c2)c1. The summed E-state index contributed by atoms with van der Waals surface area (Å²) in [5.74, 6) is 1.20. The lowest BCUT2D eigenvalue weighted by Gasteiger charge is -2.11. The van der Waals surface area contributed by atoms with Crippen LogP contribution in [0.1, 0.15) is 16.7 Å². The standard InChI is InChI=1S/C23H20FN3S/c1-16-6-3-9-19(12-16)22-25-26-23(27(22)21-11-4-7-17(2)13-21)28-15-18-8-5-10-20(24)14-18/h3-14H,15H2,1-2H3. The maximum Gasteiger partial charge on any atom is 0.196 e. The molecule has 0 N–H and O–H groups in total. The summed E-state index contributed by atoms with van der Waals surface area (Å²) < 4.78 is 15.6. The lowest BCUT2D eigenvalue weighted by molar-refractivity contribution is 0.626. The molecule has 0 aliphatic rings. The van der Waals surface area contributed by atoms with Crippen molar-refractivity contribution in [3.63, 3.8) is 0 Å². The predicted molar refractivity (Wildman–Crippen MR) is 112 cm³/mol. The van der Waals surface area contributed by atoms with E-state index in [2.05, 4.69) is 58.9 Å². The van der Waals surface area contributed by atoms with Crippen LogP contribution in [0, 0.1) is 19.7 Å². The Morgan fingerprint density at radius 2 is 1.61 bits per heavy atom. The first kappa shape index (κ1) is 18.4. The van der Waals surface area contributed by atoms with E-state index in [1.54, 1.807) is 23.9 Å². The number of hydrogen-bond acceptors (Lipinski definition) is 3. The Morgan fingerprint density at radius 1 is 0.857 bits per heavy atom. The van der Waals surface area contributed by atoms with Crippen molar-refractivity contribution in [2.75, 3.05) is 0 Å². The number of halogens is 1. The third-order valence-electron chi connectivity index (χ3n) is 4.43. The Morgan fingerprint density at radius 3 is 2.36 bits per heavy atom. The van der Waals surface area contributed by atoms with E-state index in [0.717, 1.165) is 27.8 Å². The van der Waals surface area contributed by atoms with E-state index in [-0.39, 0.29) is 5.82 Å². The first-order valence-electron chi connectivity index (χ1n) is 9.07. The van der Waals surface area contributed by atoms with E-state index >= 15 is 0 Å². The summed E-state index contributed by atoms with van der Waals surface area (Å²) in [5, 5.41) is 9.71. The zero-order chi connectivity index (χ0) is 19.5. The molecule has 1 heterocycles. The number of hydrogen-bond donors (Lipinski definition) is 0. The minimum atomic E-state index is -0.223. The number of benzene rings is 3. The van der Waals surface area contributed by atoms with E-state index < -0.39 is 0 Å². The second kappa shape index (κ2) is 7.98. The van der Waals surface area contributed by atoms with Crippen LogP contribution in [0.2, 0.25) is 0 Å². The number of rotatable bonds is 5. The molecule has 0 atom stereocenters. The fraction of sp³-hybridized carbons (Fsp3) is 0.130. The molecule has 3 nitrogen and oxygen atoms in total. The third-order valence-corrected chi connectivity index (χ3v) is 5.43. The molecule has 4 aromatic rings. The Labute approximate surface area is 168 Å². The highest BCUT2D eigenvalue weighted by atomic mass is 32.2. The molecule has 0 spiro atoms. The van der Waals surface area contributed by atoms with Crippen molar-refractivity contribution in [2.45, 2.75) is 24.8 Å². The van der Waals surface area contributed by atoms with Crippen molar-refractivity contribution in [3.05, 3.63) is 95.3 Å². The molecule has 0 radical (unpaired) electrons. The van der Waals surface area contributed by atoms with Crippen LogP contribution < -0.4 is 0 Å². The van der Waals surface area contributed by atoms with Crippen molar-refractivity contribution in [1.82, 2.24) is 14.8 Å². The Balaban J connectivity index is 1.76. The zero-order valence-electron chi connectivity index (χ0n) is 15.8. The maximum atomic E-state index is 13.5. The van der Waals surface area contributed by atoms with Crippen LogP contribution in [-0.4, -0.2) is 14.8 Å². The van der Waals surface area contributed by atoms with E-state index in [0.29, 0.717) is 5.75 Å². The van der Waals surface area contributed by atoms with Gasteiger partial charge in [0.15, 0.2) is 11.0 Å². The Hall–Kier alpha value is -2.92. The average Bonchev–Trinajstić information content (AvgIpc) is 3.10. The van der Waals surface area contributed by atoms with Gasteiger partial charge in [0, 0.05) is 17.0 Å². The van der Waals surface area contributed by atoms with Gasteiger partial charge in [-0.1, -0.05) is 59.8 Å². The maximum absolute atomic E-state index is 13.5. The molecule has 0 saturated carbocycles. The summed E-state index contributed by atoms with van der Waals surface area (Å²) in [5.41, 5.74) is 5.29. The van der Waals surface area contributed by atoms with Crippen molar-refractivity contribution in [2.24, 2.45) is 0 Å². The highest BCUT2D eigenvalue weighted by Gasteiger charge is 2.16. The van der Waals surface area contributed by atoms with Gasteiger partial charge in [-0.15, -0.1) is 10.2 Å². The highest BCUT2D eigenvalue weighted by molar-refractivity contribution is 7.98.